The van der Waals surface area contributed by atoms with Crippen molar-refractivity contribution in [3.8, 4) is 5.75 Å². The third-order valence-electron chi connectivity index (χ3n) is 4.01. The van der Waals surface area contributed by atoms with Gasteiger partial charge in [0, 0.05) is 10.9 Å². The second-order valence-electron chi connectivity index (χ2n) is 7.46. The molecule has 6 nitrogen and oxygen atoms in total. The van der Waals surface area contributed by atoms with E-state index in [-0.39, 0.29) is 19.1 Å². The predicted octanol–water partition coefficient (Wildman–Crippen LogP) is 4.24. The number of carboxylic acids is 1. The molecule has 0 unspecified atom stereocenters. The lowest BCUT2D eigenvalue weighted by Gasteiger charge is -2.26. The van der Waals surface area contributed by atoms with E-state index in [4.69, 9.17) is 9.47 Å². The number of ether oxygens (including phenoxy) is 2. The Labute approximate surface area is 162 Å². The summed E-state index contributed by atoms with van der Waals surface area (Å²) in [5.74, 6) is -0.318. The molecule has 1 fully saturated rings. The molecule has 0 aliphatic carbocycles. The van der Waals surface area contributed by atoms with E-state index in [1.807, 2.05) is 18.2 Å². The van der Waals surface area contributed by atoms with Crippen molar-refractivity contribution >= 4 is 28.0 Å². The van der Waals surface area contributed by atoms with Gasteiger partial charge in [-0.1, -0.05) is 29.3 Å². The number of carbonyl (C=O) groups is 2. The zero-order valence-electron chi connectivity index (χ0n) is 15.6. The number of aliphatic carboxylic acids is 1. The van der Waals surface area contributed by atoms with Gasteiger partial charge < -0.3 is 14.6 Å². The fourth-order valence-corrected chi connectivity index (χ4v) is 3.36. The van der Waals surface area contributed by atoms with Gasteiger partial charge in [0.15, 0.2) is 0 Å². The van der Waals surface area contributed by atoms with Gasteiger partial charge in [-0.25, -0.2) is 9.59 Å². The maximum absolute atomic E-state index is 12.4. The number of rotatable bonds is 5. The molecular formula is C19H26BrNO5. The van der Waals surface area contributed by atoms with E-state index in [1.165, 1.54) is 4.90 Å². The zero-order chi connectivity index (χ0) is 19.5. The Kier molecular flexibility index (Phi) is 6.55. The molecule has 26 heavy (non-hydrogen) atoms. The molecule has 1 saturated heterocycles. The molecule has 1 heterocycles. The molecule has 0 spiro atoms. The maximum atomic E-state index is 12.4. The first kappa shape index (κ1) is 20.6. The summed E-state index contributed by atoms with van der Waals surface area (Å²) in [7, 11) is 0. The summed E-state index contributed by atoms with van der Waals surface area (Å²) in [5, 5.41) is 9.48. The summed E-state index contributed by atoms with van der Waals surface area (Å²) in [6, 6.07) is 4.83. The van der Waals surface area contributed by atoms with Crippen molar-refractivity contribution in [1.82, 2.24) is 4.90 Å². The number of hydrogen-bond acceptors (Lipinski definition) is 4. The molecule has 0 saturated carbocycles. The van der Waals surface area contributed by atoms with Crippen LogP contribution >= 0.6 is 15.9 Å². The van der Waals surface area contributed by atoms with Crippen LogP contribution in [0.1, 0.15) is 46.1 Å². The van der Waals surface area contributed by atoms with Gasteiger partial charge in [0.05, 0.1) is 6.54 Å². The van der Waals surface area contributed by atoms with Crippen LogP contribution in [0, 0.1) is 0 Å². The van der Waals surface area contributed by atoms with Gasteiger partial charge in [-0.2, -0.15) is 0 Å². The van der Waals surface area contributed by atoms with Crippen LogP contribution in [0.3, 0.4) is 0 Å². The Morgan fingerprint density at radius 3 is 2.62 bits per heavy atom. The number of carboxylic acid groups (broad SMARTS) is 1. The van der Waals surface area contributed by atoms with E-state index < -0.39 is 23.7 Å². The van der Waals surface area contributed by atoms with Gasteiger partial charge in [-0.05, 0) is 51.0 Å². The molecule has 1 aromatic rings. The number of benzene rings is 1. The minimum Gasteiger partial charge on any atom is -0.488 e. The van der Waals surface area contributed by atoms with Crippen molar-refractivity contribution in [2.45, 2.75) is 64.7 Å². The highest BCUT2D eigenvalue weighted by molar-refractivity contribution is 9.10. The molecule has 1 N–H and O–H groups in total. The fraction of sp³-hybridized carbons (Fsp3) is 0.579. The summed E-state index contributed by atoms with van der Waals surface area (Å²) in [6.07, 6.45) is 1.05. The van der Waals surface area contributed by atoms with Crippen LogP contribution in [0.2, 0.25) is 0 Å². The normalized spacial score (nSPS) is 20.1. The van der Waals surface area contributed by atoms with Crippen LogP contribution in [0.5, 0.6) is 5.75 Å². The lowest BCUT2D eigenvalue weighted by Crippen LogP contribution is -2.43. The molecule has 0 aromatic heterocycles. The number of nitrogens with zero attached hydrogens (tertiary/aromatic N) is 1. The molecule has 144 valence electrons. The van der Waals surface area contributed by atoms with Gasteiger partial charge in [0.2, 0.25) is 0 Å². The average Bonchev–Trinajstić information content (AvgIpc) is 2.93. The third kappa shape index (κ3) is 5.37. The summed E-state index contributed by atoms with van der Waals surface area (Å²) in [4.78, 5) is 25.2. The number of amides is 1. The highest BCUT2D eigenvalue weighted by atomic mass is 79.9. The number of hydrogen-bond donors (Lipinski definition) is 1. The number of halogens is 1. The molecule has 1 amide bonds. The van der Waals surface area contributed by atoms with E-state index in [0.29, 0.717) is 0 Å². The van der Waals surface area contributed by atoms with E-state index >= 15 is 0 Å². The molecule has 7 heteroatoms. The highest BCUT2D eigenvalue weighted by Crippen LogP contribution is 2.29. The first-order valence-corrected chi connectivity index (χ1v) is 9.57. The van der Waals surface area contributed by atoms with Gasteiger partial charge in [0.1, 0.15) is 23.5 Å². The smallest absolute Gasteiger partial charge is 0.411 e. The first-order valence-electron chi connectivity index (χ1n) is 8.78. The van der Waals surface area contributed by atoms with Crippen molar-refractivity contribution in [3.63, 3.8) is 0 Å². The molecule has 1 aromatic carbocycles. The average molecular weight is 428 g/mol. The monoisotopic (exact) mass is 427 g/mol. The SMILES string of the molecule is CCCc1cc(Br)ccc1O[C@@H]1C[C@H](C(=O)O)N(C(=O)OC(C)(C)C)C1. The molecule has 1 aliphatic rings. The van der Waals surface area contributed by atoms with Crippen LogP contribution in [-0.4, -0.2) is 46.4 Å². The second-order valence-corrected chi connectivity index (χ2v) is 8.38. The lowest BCUT2D eigenvalue weighted by molar-refractivity contribution is -0.142. The standard InChI is InChI=1S/C19H26BrNO5/c1-5-6-12-9-13(20)7-8-16(12)25-14-10-15(17(22)23)21(11-14)18(24)26-19(2,3)4/h7-9,14-15H,5-6,10-11H2,1-4H3,(H,22,23)/t14-,15-/m1/s1. The lowest BCUT2D eigenvalue weighted by atomic mass is 10.1. The van der Waals surface area contributed by atoms with E-state index in [1.54, 1.807) is 20.8 Å². The van der Waals surface area contributed by atoms with Crippen molar-refractivity contribution in [1.29, 1.82) is 0 Å². The molecule has 1 aliphatic heterocycles. The van der Waals surface area contributed by atoms with Gasteiger partial charge in [0.25, 0.3) is 0 Å². The molecular weight excluding hydrogens is 402 g/mol. The first-order chi connectivity index (χ1) is 12.1. The second kappa shape index (κ2) is 8.29. The van der Waals surface area contributed by atoms with Gasteiger partial charge in [-0.15, -0.1) is 0 Å². The van der Waals surface area contributed by atoms with Crippen molar-refractivity contribution in [2.75, 3.05) is 6.54 Å². The van der Waals surface area contributed by atoms with E-state index in [2.05, 4.69) is 22.9 Å². The Morgan fingerprint density at radius 1 is 1.35 bits per heavy atom. The Balaban J connectivity index is 2.15. The van der Waals surface area contributed by atoms with E-state index in [9.17, 15) is 14.7 Å². The quantitative estimate of drug-likeness (QED) is 0.759. The number of aryl methyl sites for hydroxylation is 1. The highest BCUT2D eigenvalue weighted by Gasteiger charge is 2.42. The molecule has 0 radical (unpaired) electrons. The van der Waals surface area contributed by atoms with Crippen molar-refractivity contribution in [3.05, 3.63) is 28.2 Å². The predicted molar refractivity (Wildman–Crippen MR) is 102 cm³/mol. The number of carbonyl (C=O) groups excluding carboxylic acids is 1. The largest absolute Gasteiger partial charge is 0.488 e. The summed E-state index contributed by atoms with van der Waals surface area (Å²) >= 11 is 3.46. The Bertz CT molecular complexity index is 670. The number of likely N-dealkylation sites (tertiary alicyclic amines) is 1. The van der Waals surface area contributed by atoms with Crippen LogP contribution in [-0.2, 0) is 16.0 Å². The Hall–Kier alpha value is -1.76. The maximum Gasteiger partial charge on any atom is 0.411 e. The molecule has 0 bridgehead atoms. The van der Waals surface area contributed by atoms with E-state index in [0.717, 1.165) is 28.6 Å². The van der Waals surface area contributed by atoms with Gasteiger partial charge >= 0.3 is 12.1 Å². The topological polar surface area (TPSA) is 76.1 Å². The van der Waals surface area contributed by atoms with Crippen LogP contribution in [0.15, 0.2) is 22.7 Å². The summed E-state index contributed by atoms with van der Waals surface area (Å²) < 4.78 is 12.4. The van der Waals surface area contributed by atoms with Crippen molar-refractivity contribution in [2.24, 2.45) is 0 Å². The molecule has 2 atom stereocenters. The van der Waals surface area contributed by atoms with Gasteiger partial charge in [-0.3, -0.25) is 4.90 Å². The third-order valence-corrected chi connectivity index (χ3v) is 4.50. The summed E-state index contributed by atoms with van der Waals surface area (Å²) in [6.45, 7) is 7.54. The Morgan fingerprint density at radius 2 is 2.04 bits per heavy atom. The van der Waals surface area contributed by atoms with Crippen LogP contribution in [0.25, 0.3) is 0 Å². The zero-order valence-corrected chi connectivity index (χ0v) is 17.2. The minimum atomic E-state index is -1.05. The summed E-state index contributed by atoms with van der Waals surface area (Å²) in [5.41, 5.74) is 0.378. The molecule has 2 rings (SSSR count). The van der Waals surface area contributed by atoms with Crippen LogP contribution in [0.4, 0.5) is 4.79 Å². The fourth-order valence-electron chi connectivity index (χ4n) is 2.95. The minimum absolute atomic E-state index is 0.188. The van der Waals surface area contributed by atoms with Crippen molar-refractivity contribution < 1.29 is 24.2 Å². The van der Waals surface area contributed by atoms with Crippen LogP contribution < -0.4 is 4.74 Å².